The maximum Gasteiger partial charge on any atom is 0.241 e. The Bertz CT molecular complexity index is 548. The minimum Gasteiger partial charge on any atom is -0.371 e. The minimum atomic E-state index is 0.0793. The molecule has 5 heteroatoms. The van der Waals surface area contributed by atoms with Gasteiger partial charge < -0.3 is 15.1 Å². The van der Waals surface area contributed by atoms with Gasteiger partial charge in [0.25, 0.3) is 0 Å². The van der Waals surface area contributed by atoms with Crippen molar-refractivity contribution in [3.8, 4) is 6.07 Å². The molecule has 1 aromatic rings. The molecule has 1 fully saturated rings. The van der Waals surface area contributed by atoms with Crippen molar-refractivity contribution in [2.24, 2.45) is 0 Å². The number of likely N-dealkylation sites (N-methyl/N-ethyl adjacent to an activating group) is 1. The summed E-state index contributed by atoms with van der Waals surface area (Å²) in [5.41, 5.74) is 2.47. The van der Waals surface area contributed by atoms with Gasteiger partial charge in [-0.3, -0.25) is 4.79 Å². The molecule has 1 saturated heterocycles. The van der Waals surface area contributed by atoms with Gasteiger partial charge in [0.1, 0.15) is 0 Å². The van der Waals surface area contributed by atoms with Crippen LogP contribution in [-0.4, -0.2) is 38.6 Å². The molecule has 0 saturated carbocycles. The van der Waals surface area contributed by atoms with E-state index in [2.05, 4.69) is 16.3 Å². The number of piperazine rings is 1. The molecule has 0 aliphatic carbocycles. The SMILES string of the molecule is CN1CC2CNCC(=O)N2c2cc(C#N)ccc21. The second-order valence-corrected chi connectivity index (χ2v) is 4.74. The zero-order valence-electron chi connectivity index (χ0n) is 10.2. The average molecular weight is 242 g/mol. The summed E-state index contributed by atoms with van der Waals surface area (Å²) < 4.78 is 0. The molecule has 1 N–H and O–H groups in total. The first kappa shape index (κ1) is 11.1. The zero-order valence-corrected chi connectivity index (χ0v) is 10.2. The van der Waals surface area contributed by atoms with E-state index in [4.69, 9.17) is 5.26 Å². The van der Waals surface area contributed by atoms with E-state index in [-0.39, 0.29) is 11.9 Å². The number of amides is 1. The number of hydrogen-bond donors (Lipinski definition) is 1. The van der Waals surface area contributed by atoms with E-state index in [0.717, 1.165) is 24.5 Å². The first-order chi connectivity index (χ1) is 8.70. The fraction of sp³-hybridized carbons (Fsp3) is 0.385. The van der Waals surface area contributed by atoms with Crippen LogP contribution in [0.15, 0.2) is 18.2 Å². The van der Waals surface area contributed by atoms with Gasteiger partial charge in [0.2, 0.25) is 5.91 Å². The van der Waals surface area contributed by atoms with Crippen molar-refractivity contribution >= 4 is 17.3 Å². The van der Waals surface area contributed by atoms with Crippen molar-refractivity contribution in [1.29, 1.82) is 5.26 Å². The lowest BCUT2D eigenvalue weighted by Gasteiger charge is -2.44. The van der Waals surface area contributed by atoms with Crippen LogP contribution in [0, 0.1) is 11.3 Å². The fourth-order valence-electron chi connectivity index (χ4n) is 2.73. The summed E-state index contributed by atoms with van der Waals surface area (Å²) in [6.45, 7) is 1.99. The summed E-state index contributed by atoms with van der Waals surface area (Å²) in [4.78, 5) is 16.0. The van der Waals surface area contributed by atoms with E-state index < -0.39 is 0 Å². The summed E-state index contributed by atoms with van der Waals surface area (Å²) in [5, 5.41) is 12.1. The Morgan fingerprint density at radius 1 is 1.44 bits per heavy atom. The van der Waals surface area contributed by atoms with Gasteiger partial charge in [0, 0.05) is 20.1 Å². The first-order valence-electron chi connectivity index (χ1n) is 5.99. The Hall–Kier alpha value is -2.06. The van der Waals surface area contributed by atoms with Crippen molar-refractivity contribution in [2.75, 3.05) is 36.5 Å². The third-order valence-electron chi connectivity index (χ3n) is 3.55. The van der Waals surface area contributed by atoms with Gasteiger partial charge in [-0.05, 0) is 18.2 Å². The second-order valence-electron chi connectivity index (χ2n) is 4.74. The van der Waals surface area contributed by atoms with Crippen molar-refractivity contribution in [2.45, 2.75) is 6.04 Å². The smallest absolute Gasteiger partial charge is 0.241 e. The summed E-state index contributed by atoms with van der Waals surface area (Å²) in [6.07, 6.45) is 0. The molecule has 0 radical (unpaired) electrons. The van der Waals surface area contributed by atoms with Gasteiger partial charge in [-0.1, -0.05) is 0 Å². The topological polar surface area (TPSA) is 59.4 Å². The molecule has 1 aromatic carbocycles. The normalized spacial score (nSPS) is 22.2. The van der Waals surface area contributed by atoms with Crippen molar-refractivity contribution in [3.63, 3.8) is 0 Å². The van der Waals surface area contributed by atoms with Crippen LogP contribution in [0.3, 0.4) is 0 Å². The van der Waals surface area contributed by atoms with E-state index >= 15 is 0 Å². The average Bonchev–Trinajstić information content (AvgIpc) is 2.38. The highest BCUT2D eigenvalue weighted by atomic mass is 16.2. The number of carbonyl (C=O) groups excluding carboxylic acids is 1. The number of carbonyl (C=O) groups is 1. The highest BCUT2D eigenvalue weighted by Gasteiger charge is 2.35. The lowest BCUT2D eigenvalue weighted by molar-refractivity contribution is -0.119. The minimum absolute atomic E-state index is 0.0793. The molecule has 2 aliphatic rings. The number of hydrogen-bond acceptors (Lipinski definition) is 4. The maximum atomic E-state index is 12.1. The molecule has 0 bridgehead atoms. The summed E-state index contributed by atoms with van der Waals surface area (Å²) in [7, 11) is 2.02. The Kier molecular flexibility index (Phi) is 2.46. The van der Waals surface area contributed by atoms with Crippen LogP contribution in [0.4, 0.5) is 11.4 Å². The molecule has 3 rings (SSSR count). The number of nitrogens with zero attached hydrogens (tertiary/aromatic N) is 3. The predicted octanol–water partition coefficient (Wildman–Crippen LogP) is 0.313. The van der Waals surface area contributed by atoms with Crippen LogP contribution < -0.4 is 15.1 Å². The molecule has 2 aliphatic heterocycles. The van der Waals surface area contributed by atoms with Crippen LogP contribution in [-0.2, 0) is 4.79 Å². The van der Waals surface area contributed by atoms with E-state index in [1.54, 1.807) is 12.1 Å². The van der Waals surface area contributed by atoms with E-state index in [0.29, 0.717) is 12.1 Å². The van der Waals surface area contributed by atoms with Gasteiger partial charge in [0.05, 0.1) is 35.6 Å². The second kappa shape index (κ2) is 4.00. The van der Waals surface area contributed by atoms with Crippen LogP contribution in [0.25, 0.3) is 0 Å². The summed E-state index contributed by atoms with van der Waals surface area (Å²) >= 11 is 0. The van der Waals surface area contributed by atoms with E-state index in [1.807, 2.05) is 18.0 Å². The number of nitrogens with one attached hydrogen (secondary N) is 1. The molecule has 18 heavy (non-hydrogen) atoms. The van der Waals surface area contributed by atoms with Gasteiger partial charge in [0.15, 0.2) is 0 Å². The molecule has 2 heterocycles. The molecule has 0 aromatic heterocycles. The molecule has 1 amide bonds. The lowest BCUT2D eigenvalue weighted by atomic mass is 10.0. The maximum absolute atomic E-state index is 12.1. The monoisotopic (exact) mass is 242 g/mol. The van der Waals surface area contributed by atoms with Crippen LogP contribution in [0.5, 0.6) is 0 Å². The molecule has 5 nitrogen and oxygen atoms in total. The molecule has 1 atom stereocenters. The van der Waals surface area contributed by atoms with Crippen LogP contribution in [0.2, 0.25) is 0 Å². The molecular weight excluding hydrogens is 228 g/mol. The molecular formula is C13H14N4O. The van der Waals surface area contributed by atoms with Crippen molar-refractivity contribution in [1.82, 2.24) is 5.32 Å². The Morgan fingerprint density at radius 3 is 3.06 bits per heavy atom. The number of fused-ring (bicyclic) bond motifs is 3. The number of anilines is 2. The predicted molar refractivity (Wildman–Crippen MR) is 68.6 cm³/mol. The Morgan fingerprint density at radius 2 is 2.28 bits per heavy atom. The van der Waals surface area contributed by atoms with Crippen LogP contribution in [0.1, 0.15) is 5.56 Å². The van der Waals surface area contributed by atoms with Crippen molar-refractivity contribution in [3.05, 3.63) is 23.8 Å². The van der Waals surface area contributed by atoms with E-state index in [9.17, 15) is 4.79 Å². The number of rotatable bonds is 0. The molecule has 92 valence electrons. The highest BCUT2D eigenvalue weighted by Crippen LogP contribution is 2.36. The zero-order chi connectivity index (χ0) is 12.7. The van der Waals surface area contributed by atoms with Gasteiger partial charge in [-0.25, -0.2) is 0 Å². The number of nitriles is 1. The third kappa shape index (κ3) is 1.54. The fourth-order valence-corrected chi connectivity index (χ4v) is 2.73. The largest absolute Gasteiger partial charge is 0.371 e. The van der Waals surface area contributed by atoms with Crippen LogP contribution >= 0.6 is 0 Å². The van der Waals surface area contributed by atoms with E-state index in [1.165, 1.54) is 0 Å². The Labute approximate surface area is 106 Å². The quantitative estimate of drug-likeness (QED) is 0.711. The van der Waals surface area contributed by atoms with Gasteiger partial charge >= 0.3 is 0 Å². The number of benzene rings is 1. The molecule has 1 unspecified atom stereocenters. The summed E-state index contributed by atoms with van der Waals surface area (Å²) in [6, 6.07) is 7.80. The van der Waals surface area contributed by atoms with Gasteiger partial charge in [-0.15, -0.1) is 0 Å². The highest BCUT2D eigenvalue weighted by molar-refractivity contribution is 6.00. The standard InChI is InChI=1S/C13H14N4O/c1-16-8-10-6-15-7-13(18)17(10)12-4-9(5-14)2-3-11(12)16/h2-4,10,15H,6-8H2,1H3. The lowest BCUT2D eigenvalue weighted by Crippen LogP contribution is -2.61. The third-order valence-corrected chi connectivity index (χ3v) is 3.55. The summed E-state index contributed by atoms with van der Waals surface area (Å²) in [5.74, 6) is 0.0793. The molecule has 0 spiro atoms. The van der Waals surface area contributed by atoms with Crippen molar-refractivity contribution < 1.29 is 4.79 Å². The first-order valence-corrected chi connectivity index (χ1v) is 5.99. The Balaban J connectivity index is 2.13. The van der Waals surface area contributed by atoms with Gasteiger partial charge in [-0.2, -0.15) is 5.26 Å².